The first kappa shape index (κ1) is 15.8. The van der Waals surface area contributed by atoms with Crippen LogP contribution in [0.5, 0.6) is 0 Å². The summed E-state index contributed by atoms with van der Waals surface area (Å²) in [5, 5.41) is 3.18. The highest BCUT2D eigenvalue weighted by molar-refractivity contribution is 6.35. The Labute approximate surface area is 134 Å². The van der Waals surface area contributed by atoms with Crippen LogP contribution in [0.25, 0.3) is 0 Å². The molecule has 4 heteroatoms. The molecule has 0 aliphatic heterocycles. The predicted molar refractivity (Wildman–Crippen MR) is 86.2 cm³/mol. The molecule has 0 aromatic rings. The van der Waals surface area contributed by atoms with Crippen LogP contribution in [0.4, 0.5) is 0 Å². The molecule has 4 bridgehead atoms. The molecule has 0 spiro atoms. The zero-order valence-electron chi connectivity index (χ0n) is 14.4. The van der Waals surface area contributed by atoms with Gasteiger partial charge in [-0.1, -0.05) is 0 Å². The van der Waals surface area contributed by atoms with E-state index in [1.807, 2.05) is 27.7 Å². The molecule has 0 unspecified atom stereocenters. The predicted octanol–water partition coefficient (Wildman–Crippen LogP) is 2.72. The lowest BCUT2D eigenvalue weighted by Crippen LogP contribution is -2.62. The van der Waals surface area contributed by atoms with Crippen molar-refractivity contribution in [3.05, 3.63) is 0 Å². The SMILES string of the molecule is CCN(C(=O)C(=O)NC12CC3CC(CC(C3)C1)C2)C(C)(C)C. The Morgan fingerprint density at radius 1 is 1.05 bits per heavy atom. The van der Waals surface area contributed by atoms with Crippen LogP contribution >= 0.6 is 0 Å². The number of hydrogen-bond donors (Lipinski definition) is 1. The molecule has 124 valence electrons. The van der Waals surface area contributed by atoms with Crippen LogP contribution in [0.2, 0.25) is 0 Å². The van der Waals surface area contributed by atoms with Crippen LogP contribution in [0.1, 0.15) is 66.2 Å². The minimum atomic E-state index is -0.390. The van der Waals surface area contributed by atoms with Crippen LogP contribution in [-0.4, -0.2) is 34.3 Å². The average molecular weight is 306 g/mol. The van der Waals surface area contributed by atoms with E-state index < -0.39 is 5.91 Å². The number of rotatable bonds is 2. The molecule has 0 aromatic heterocycles. The Balaban J connectivity index is 1.70. The molecule has 4 aliphatic rings. The second kappa shape index (κ2) is 5.24. The zero-order valence-corrected chi connectivity index (χ0v) is 14.4. The molecular formula is C18H30N2O2. The topological polar surface area (TPSA) is 49.4 Å². The Morgan fingerprint density at radius 3 is 1.86 bits per heavy atom. The molecule has 4 fully saturated rings. The minimum absolute atomic E-state index is 0.0845. The van der Waals surface area contributed by atoms with Crippen molar-refractivity contribution in [2.45, 2.75) is 77.3 Å². The highest BCUT2D eigenvalue weighted by atomic mass is 16.2. The van der Waals surface area contributed by atoms with E-state index in [4.69, 9.17) is 0 Å². The largest absolute Gasteiger partial charge is 0.342 e. The zero-order chi connectivity index (χ0) is 16.1. The van der Waals surface area contributed by atoms with E-state index in [0.717, 1.165) is 37.0 Å². The second-order valence-electron chi connectivity index (χ2n) is 8.87. The first-order valence-electron chi connectivity index (χ1n) is 8.86. The summed E-state index contributed by atoms with van der Waals surface area (Å²) in [6.07, 6.45) is 7.27. The van der Waals surface area contributed by atoms with Crippen LogP contribution < -0.4 is 5.32 Å². The average Bonchev–Trinajstić information content (AvgIpc) is 2.35. The number of likely N-dealkylation sites (N-methyl/N-ethyl adjacent to an activating group) is 1. The van der Waals surface area contributed by atoms with Crippen LogP contribution in [-0.2, 0) is 9.59 Å². The van der Waals surface area contributed by atoms with Gasteiger partial charge in [-0.05, 0) is 84.0 Å². The summed E-state index contributed by atoms with van der Waals surface area (Å²) in [7, 11) is 0. The fourth-order valence-electron chi connectivity index (χ4n) is 5.60. The van der Waals surface area contributed by atoms with E-state index in [1.54, 1.807) is 4.90 Å². The Hall–Kier alpha value is -1.06. The Morgan fingerprint density at radius 2 is 1.50 bits per heavy atom. The Bertz CT molecular complexity index is 443. The van der Waals surface area contributed by atoms with Gasteiger partial charge in [0.25, 0.3) is 0 Å². The molecule has 4 aliphatic carbocycles. The van der Waals surface area contributed by atoms with Crippen molar-refractivity contribution in [2.24, 2.45) is 17.8 Å². The summed E-state index contributed by atoms with van der Waals surface area (Å²) in [6, 6.07) is 0. The van der Waals surface area contributed by atoms with Crippen LogP contribution in [0.15, 0.2) is 0 Å². The number of amides is 2. The number of carbonyl (C=O) groups is 2. The summed E-state index contributed by atoms with van der Waals surface area (Å²) >= 11 is 0. The molecule has 22 heavy (non-hydrogen) atoms. The lowest BCUT2D eigenvalue weighted by Gasteiger charge is -2.56. The molecule has 0 radical (unpaired) electrons. The van der Waals surface area contributed by atoms with Gasteiger partial charge in [-0.15, -0.1) is 0 Å². The lowest BCUT2D eigenvalue weighted by molar-refractivity contribution is -0.151. The van der Waals surface area contributed by atoms with Gasteiger partial charge in [-0.25, -0.2) is 0 Å². The molecule has 1 N–H and O–H groups in total. The van der Waals surface area contributed by atoms with Gasteiger partial charge in [-0.2, -0.15) is 0 Å². The van der Waals surface area contributed by atoms with Gasteiger partial charge in [0, 0.05) is 17.6 Å². The van der Waals surface area contributed by atoms with Gasteiger partial charge in [0.2, 0.25) is 0 Å². The maximum absolute atomic E-state index is 12.6. The molecule has 0 heterocycles. The van der Waals surface area contributed by atoms with Crippen molar-refractivity contribution < 1.29 is 9.59 Å². The van der Waals surface area contributed by atoms with Gasteiger partial charge in [0.15, 0.2) is 0 Å². The summed E-state index contributed by atoms with van der Waals surface area (Å²) < 4.78 is 0. The van der Waals surface area contributed by atoms with Gasteiger partial charge < -0.3 is 10.2 Å². The van der Waals surface area contributed by atoms with Crippen molar-refractivity contribution in [2.75, 3.05) is 6.54 Å². The molecule has 2 amide bonds. The summed E-state index contributed by atoms with van der Waals surface area (Å²) in [5.74, 6) is 1.55. The highest BCUT2D eigenvalue weighted by Crippen LogP contribution is 2.55. The van der Waals surface area contributed by atoms with E-state index in [0.29, 0.717) is 6.54 Å². The fraction of sp³-hybridized carbons (Fsp3) is 0.889. The van der Waals surface area contributed by atoms with Gasteiger partial charge in [0.05, 0.1) is 0 Å². The van der Waals surface area contributed by atoms with Gasteiger partial charge in [-0.3, -0.25) is 9.59 Å². The third-order valence-electron chi connectivity index (χ3n) is 5.98. The van der Waals surface area contributed by atoms with Crippen molar-refractivity contribution in [1.82, 2.24) is 10.2 Å². The van der Waals surface area contributed by atoms with Crippen molar-refractivity contribution >= 4 is 11.8 Å². The van der Waals surface area contributed by atoms with Gasteiger partial charge >= 0.3 is 11.8 Å². The highest BCUT2D eigenvalue weighted by Gasteiger charge is 2.52. The number of hydrogen-bond acceptors (Lipinski definition) is 2. The quantitative estimate of drug-likeness (QED) is 0.798. The third-order valence-corrected chi connectivity index (χ3v) is 5.98. The summed E-state index contributed by atoms with van der Waals surface area (Å²) in [6.45, 7) is 8.43. The number of nitrogens with one attached hydrogen (secondary N) is 1. The van der Waals surface area contributed by atoms with E-state index >= 15 is 0 Å². The van der Waals surface area contributed by atoms with E-state index in [9.17, 15) is 9.59 Å². The molecule has 0 saturated heterocycles. The Kier molecular flexibility index (Phi) is 3.77. The van der Waals surface area contributed by atoms with Crippen molar-refractivity contribution in [3.8, 4) is 0 Å². The normalized spacial score (nSPS) is 36.3. The molecule has 0 aromatic carbocycles. The molecule has 4 saturated carbocycles. The molecule has 4 nitrogen and oxygen atoms in total. The maximum Gasteiger partial charge on any atom is 0.312 e. The summed E-state index contributed by atoms with van der Waals surface area (Å²) in [5.41, 5.74) is -0.399. The number of carbonyl (C=O) groups excluding carboxylic acids is 2. The number of nitrogens with zero attached hydrogens (tertiary/aromatic N) is 1. The summed E-state index contributed by atoms with van der Waals surface area (Å²) in [4.78, 5) is 26.8. The van der Waals surface area contributed by atoms with Gasteiger partial charge in [0.1, 0.15) is 0 Å². The lowest BCUT2D eigenvalue weighted by atomic mass is 9.53. The fourth-order valence-corrected chi connectivity index (χ4v) is 5.60. The van der Waals surface area contributed by atoms with E-state index in [-0.39, 0.29) is 17.0 Å². The molecule has 0 atom stereocenters. The minimum Gasteiger partial charge on any atom is -0.342 e. The van der Waals surface area contributed by atoms with E-state index in [2.05, 4.69) is 5.32 Å². The third kappa shape index (κ3) is 2.77. The molecule has 4 rings (SSSR count). The standard InChI is InChI=1S/C18H30N2O2/c1-5-20(17(2,3)4)16(22)15(21)19-18-9-12-6-13(10-18)8-14(7-12)11-18/h12-14H,5-11H2,1-4H3,(H,19,21). The van der Waals surface area contributed by atoms with Crippen LogP contribution in [0, 0.1) is 17.8 Å². The van der Waals surface area contributed by atoms with E-state index in [1.165, 1.54) is 19.3 Å². The second-order valence-corrected chi connectivity index (χ2v) is 8.87. The van der Waals surface area contributed by atoms with Crippen molar-refractivity contribution in [1.29, 1.82) is 0 Å². The smallest absolute Gasteiger partial charge is 0.312 e. The van der Waals surface area contributed by atoms with Crippen molar-refractivity contribution in [3.63, 3.8) is 0 Å². The maximum atomic E-state index is 12.6. The molecular weight excluding hydrogens is 276 g/mol. The first-order chi connectivity index (χ1) is 10.2. The monoisotopic (exact) mass is 306 g/mol. The van der Waals surface area contributed by atoms with Crippen LogP contribution in [0.3, 0.4) is 0 Å². The first-order valence-corrected chi connectivity index (χ1v) is 8.86.